The molecular formula is C15H12ClF4NO2S. The zero-order valence-electron chi connectivity index (χ0n) is 12.2. The number of benzene rings is 2. The van der Waals surface area contributed by atoms with E-state index < -0.39 is 38.5 Å². The molecule has 1 atom stereocenters. The Labute approximate surface area is 141 Å². The number of sulfonamides is 1. The number of alkyl halides is 3. The minimum Gasteiger partial charge on any atom is -0.207 e. The van der Waals surface area contributed by atoms with Crippen molar-refractivity contribution < 1.29 is 26.0 Å². The van der Waals surface area contributed by atoms with Crippen molar-refractivity contribution in [2.75, 3.05) is 0 Å². The van der Waals surface area contributed by atoms with Crippen molar-refractivity contribution in [2.45, 2.75) is 24.0 Å². The van der Waals surface area contributed by atoms with E-state index >= 15 is 0 Å². The summed E-state index contributed by atoms with van der Waals surface area (Å²) in [7, 11) is -4.47. The van der Waals surface area contributed by atoms with Crippen molar-refractivity contribution in [2.24, 2.45) is 0 Å². The molecule has 0 saturated carbocycles. The molecular weight excluding hydrogens is 370 g/mol. The van der Waals surface area contributed by atoms with Gasteiger partial charge in [0.1, 0.15) is 5.82 Å². The maximum Gasteiger partial charge on any atom is 0.417 e. The number of halogens is 5. The van der Waals surface area contributed by atoms with Gasteiger partial charge in [0.15, 0.2) is 0 Å². The van der Waals surface area contributed by atoms with Crippen molar-refractivity contribution in [3.05, 3.63) is 64.4 Å². The first-order valence-corrected chi connectivity index (χ1v) is 8.51. The lowest BCUT2D eigenvalue weighted by atomic mass is 10.1. The maximum absolute atomic E-state index is 13.1. The van der Waals surface area contributed by atoms with Crippen LogP contribution in [0.4, 0.5) is 17.6 Å². The standard InChI is InChI=1S/C15H12ClF4NO2S/c1-9(10-2-5-12(17)6-3-10)21-24(22,23)14-7-4-11(16)8-13(14)15(18,19)20/h2-9,21H,1H3/t9-/m0/s1. The van der Waals surface area contributed by atoms with Crippen LogP contribution in [0.1, 0.15) is 24.1 Å². The minimum absolute atomic E-state index is 0.229. The fourth-order valence-corrected chi connectivity index (χ4v) is 3.69. The molecule has 0 unspecified atom stereocenters. The van der Waals surface area contributed by atoms with Crippen LogP contribution in [0.5, 0.6) is 0 Å². The number of hydrogen-bond acceptors (Lipinski definition) is 2. The average Bonchev–Trinajstić information content (AvgIpc) is 2.46. The van der Waals surface area contributed by atoms with Gasteiger partial charge in [-0.05, 0) is 42.8 Å². The Balaban J connectivity index is 2.39. The van der Waals surface area contributed by atoms with E-state index in [4.69, 9.17) is 11.6 Å². The van der Waals surface area contributed by atoms with E-state index in [1.165, 1.54) is 19.1 Å². The van der Waals surface area contributed by atoms with Crippen LogP contribution in [-0.2, 0) is 16.2 Å². The monoisotopic (exact) mass is 381 g/mol. The molecule has 0 fully saturated rings. The number of rotatable bonds is 4. The van der Waals surface area contributed by atoms with Gasteiger partial charge in [0.2, 0.25) is 10.0 Å². The topological polar surface area (TPSA) is 46.2 Å². The van der Waals surface area contributed by atoms with Crippen LogP contribution < -0.4 is 4.72 Å². The van der Waals surface area contributed by atoms with Gasteiger partial charge in [-0.2, -0.15) is 13.2 Å². The van der Waals surface area contributed by atoms with Crippen LogP contribution >= 0.6 is 11.6 Å². The summed E-state index contributed by atoms with van der Waals surface area (Å²) in [4.78, 5) is -0.923. The molecule has 0 aromatic heterocycles. The summed E-state index contributed by atoms with van der Waals surface area (Å²) >= 11 is 5.54. The SMILES string of the molecule is C[C@H](NS(=O)(=O)c1ccc(Cl)cc1C(F)(F)F)c1ccc(F)cc1. The quantitative estimate of drug-likeness (QED) is 0.790. The highest BCUT2D eigenvalue weighted by Crippen LogP contribution is 2.36. The van der Waals surface area contributed by atoms with Crippen molar-refractivity contribution >= 4 is 21.6 Å². The highest BCUT2D eigenvalue weighted by atomic mass is 35.5. The summed E-state index contributed by atoms with van der Waals surface area (Å²) in [6.45, 7) is 1.44. The van der Waals surface area contributed by atoms with E-state index in [2.05, 4.69) is 4.72 Å². The highest BCUT2D eigenvalue weighted by molar-refractivity contribution is 7.89. The predicted molar refractivity (Wildman–Crippen MR) is 81.6 cm³/mol. The molecule has 0 aliphatic heterocycles. The van der Waals surface area contributed by atoms with Gasteiger partial charge < -0.3 is 0 Å². The molecule has 3 nitrogen and oxygen atoms in total. The Bertz CT molecular complexity index is 836. The second-order valence-electron chi connectivity index (χ2n) is 5.03. The van der Waals surface area contributed by atoms with Gasteiger partial charge in [0.25, 0.3) is 0 Å². The third kappa shape index (κ3) is 4.25. The fraction of sp³-hybridized carbons (Fsp3) is 0.200. The van der Waals surface area contributed by atoms with Gasteiger partial charge in [-0.1, -0.05) is 23.7 Å². The first-order chi connectivity index (χ1) is 11.0. The second kappa shape index (κ2) is 6.70. The molecule has 1 N–H and O–H groups in total. The largest absolute Gasteiger partial charge is 0.417 e. The molecule has 0 aliphatic carbocycles. The first-order valence-electron chi connectivity index (χ1n) is 6.65. The van der Waals surface area contributed by atoms with Crippen LogP contribution in [0.25, 0.3) is 0 Å². The molecule has 0 aliphatic rings. The van der Waals surface area contributed by atoms with E-state index in [0.717, 1.165) is 24.3 Å². The summed E-state index contributed by atoms with van der Waals surface area (Å²) in [5.41, 5.74) is -0.948. The molecule has 0 saturated heterocycles. The Morgan fingerprint density at radius 1 is 1.08 bits per heavy atom. The highest BCUT2D eigenvalue weighted by Gasteiger charge is 2.37. The molecule has 0 radical (unpaired) electrons. The molecule has 2 aromatic rings. The van der Waals surface area contributed by atoms with Crippen LogP contribution in [-0.4, -0.2) is 8.42 Å². The molecule has 2 aromatic carbocycles. The second-order valence-corrected chi connectivity index (χ2v) is 7.15. The number of nitrogens with one attached hydrogen (secondary N) is 1. The third-order valence-electron chi connectivity index (χ3n) is 3.24. The Morgan fingerprint density at radius 3 is 2.21 bits per heavy atom. The molecule has 0 bridgehead atoms. The molecule has 24 heavy (non-hydrogen) atoms. The average molecular weight is 382 g/mol. The smallest absolute Gasteiger partial charge is 0.207 e. The lowest BCUT2D eigenvalue weighted by Gasteiger charge is -2.18. The molecule has 9 heteroatoms. The van der Waals surface area contributed by atoms with Crippen LogP contribution in [0.15, 0.2) is 47.4 Å². The summed E-state index contributed by atoms with van der Waals surface area (Å²) in [5, 5.41) is -0.229. The van der Waals surface area contributed by atoms with Crippen molar-refractivity contribution in [1.29, 1.82) is 0 Å². The summed E-state index contributed by atoms with van der Waals surface area (Å²) in [5.74, 6) is -0.508. The number of hydrogen-bond donors (Lipinski definition) is 1. The Hall–Kier alpha value is -1.64. The van der Waals surface area contributed by atoms with Gasteiger partial charge in [-0.25, -0.2) is 17.5 Å². The molecule has 0 amide bonds. The summed E-state index contributed by atoms with van der Waals surface area (Å²) < 4.78 is 78.9. The van der Waals surface area contributed by atoms with E-state index in [1.54, 1.807) is 0 Å². The van der Waals surface area contributed by atoms with Gasteiger partial charge in [0.05, 0.1) is 10.5 Å². The molecule has 0 heterocycles. The van der Waals surface area contributed by atoms with Crippen LogP contribution in [0.2, 0.25) is 5.02 Å². The van der Waals surface area contributed by atoms with Gasteiger partial charge in [-0.15, -0.1) is 0 Å². The van der Waals surface area contributed by atoms with Crippen molar-refractivity contribution in [1.82, 2.24) is 4.72 Å². The van der Waals surface area contributed by atoms with Crippen molar-refractivity contribution in [3.63, 3.8) is 0 Å². The normalized spacial score (nSPS) is 13.8. The maximum atomic E-state index is 13.1. The molecule has 130 valence electrons. The lowest BCUT2D eigenvalue weighted by Crippen LogP contribution is -2.29. The van der Waals surface area contributed by atoms with Gasteiger partial charge in [-0.3, -0.25) is 0 Å². The van der Waals surface area contributed by atoms with Crippen LogP contribution in [0.3, 0.4) is 0 Å². The zero-order valence-corrected chi connectivity index (χ0v) is 13.8. The lowest BCUT2D eigenvalue weighted by molar-refractivity contribution is -0.139. The van der Waals surface area contributed by atoms with Gasteiger partial charge >= 0.3 is 6.18 Å². The first kappa shape index (κ1) is 18.7. The summed E-state index contributed by atoms with van der Waals surface area (Å²) in [6, 6.07) is 6.50. The van der Waals surface area contributed by atoms with E-state index in [1.807, 2.05) is 0 Å². The van der Waals surface area contributed by atoms with Gasteiger partial charge in [0, 0.05) is 11.1 Å². The van der Waals surface area contributed by atoms with Crippen molar-refractivity contribution in [3.8, 4) is 0 Å². The van der Waals surface area contributed by atoms with Crippen LogP contribution in [0, 0.1) is 5.82 Å². The van der Waals surface area contributed by atoms with E-state index in [0.29, 0.717) is 11.6 Å². The molecule has 2 rings (SSSR count). The fourth-order valence-electron chi connectivity index (χ4n) is 2.07. The Kier molecular flexibility index (Phi) is 5.22. The molecule has 0 spiro atoms. The predicted octanol–water partition coefficient (Wildman–Crippen LogP) is 4.54. The zero-order chi connectivity index (χ0) is 18.1. The van der Waals surface area contributed by atoms with E-state index in [-0.39, 0.29) is 5.02 Å². The summed E-state index contributed by atoms with van der Waals surface area (Å²) in [6.07, 6.45) is -4.88. The Morgan fingerprint density at radius 2 is 1.67 bits per heavy atom. The van der Waals surface area contributed by atoms with E-state index in [9.17, 15) is 26.0 Å². The minimum atomic E-state index is -4.88. The third-order valence-corrected chi connectivity index (χ3v) is 5.07.